The lowest BCUT2D eigenvalue weighted by Gasteiger charge is -2.28. The molecule has 0 unspecified atom stereocenters. The second-order valence-corrected chi connectivity index (χ2v) is 14.4. The molecule has 1 atom stereocenters. The standard InChI is InChI=1S/C22H30N2O6S3/c1-16-5-7-21(18(3)13-16)32(27,28)23-10-11-24(20-9-12-31(25,26)15-20)33(29,30)22-8-6-17(2)14-19(22)4/h5-8,13-14,20,23H,9-12,15H2,1-4H3/t20-/m0/s1. The van der Waals surface area contributed by atoms with Crippen molar-refractivity contribution < 1.29 is 25.3 Å². The van der Waals surface area contributed by atoms with Crippen LogP contribution in [0, 0.1) is 27.7 Å². The van der Waals surface area contributed by atoms with E-state index in [0.717, 1.165) is 15.4 Å². The molecular weight excluding hydrogens is 484 g/mol. The van der Waals surface area contributed by atoms with E-state index in [4.69, 9.17) is 0 Å². The molecule has 33 heavy (non-hydrogen) atoms. The fourth-order valence-electron chi connectivity index (χ4n) is 4.19. The minimum atomic E-state index is -4.04. The van der Waals surface area contributed by atoms with Gasteiger partial charge in [-0.3, -0.25) is 0 Å². The molecule has 0 bridgehead atoms. The molecule has 1 aliphatic heterocycles. The number of benzene rings is 2. The van der Waals surface area contributed by atoms with E-state index in [1.807, 2.05) is 13.8 Å². The molecule has 2 aromatic rings. The second kappa shape index (κ2) is 9.46. The third-order valence-electron chi connectivity index (χ3n) is 5.78. The van der Waals surface area contributed by atoms with E-state index >= 15 is 0 Å². The van der Waals surface area contributed by atoms with Crippen molar-refractivity contribution in [3.63, 3.8) is 0 Å². The topological polar surface area (TPSA) is 118 Å². The summed E-state index contributed by atoms with van der Waals surface area (Å²) in [6.45, 7) is 6.74. The predicted octanol–water partition coefficient (Wildman–Crippen LogP) is 2.08. The largest absolute Gasteiger partial charge is 0.243 e. The van der Waals surface area contributed by atoms with Gasteiger partial charge < -0.3 is 0 Å². The number of hydrogen-bond acceptors (Lipinski definition) is 6. The predicted molar refractivity (Wildman–Crippen MR) is 128 cm³/mol. The van der Waals surface area contributed by atoms with Gasteiger partial charge in [0.1, 0.15) is 0 Å². The summed E-state index contributed by atoms with van der Waals surface area (Å²) < 4.78 is 80.4. The maximum atomic E-state index is 13.5. The van der Waals surface area contributed by atoms with E-state index in [1.54, 1.807) is 38.1 Å². The van der Waals surface area contributed by atoms with Crippen LogP contribution in [-0.2, 0) is 29.9 Å². The molecule has 1 N–H and O–H groups in total. The molecule has 0 spiro atoms. The Balaban J connectivity index is 1.88. The van der Waals surface area contributed by atoms with Crippen molar-refractivity contribution in [3.8, 4) is 0 Å². The Morgan fingerprint density at radius 3 is 1.94 bits per heavy atom. The van der Waals surface area contributed by atoms with Crippen molar-refractivity contribution in [1.82, 2.24) is 9.03 Å². The van der Waals surface area contributed by atoms with Gasteiger partial charge >= 0.3 is 0 Å². The zero-order valence-electron chi connectivity index (χ0n) is 19.2. The van der Waals surface area contributed by atoms with E-state index in [9.17, 15) is 25.3 Å². The molecule has 1 heterocycles. The van der Waals surface area contributed by atoms with Gasteiger partial charge in [-0.2, -0.15) is 4.31 Å². The number of aryl methyl sites for hydroxylation is 4. The molecular formula is C22H30N2O6S3. The lowest BCUT2D eigenvalue weighted by atomic mass is 10.2. The Labute approximate surface area is 197 Å². The summed E-state index contributed by atoms with van der Waals surface area (Å²) in [6.07, 6.45) is 0.177. The molecule has 2 aromatic carbocycles. The number of rotatable bonds is 8. The maximum absolute atomic E-state index is 13.5. The number of sulfone groups is 1. The third kappa shape index (κ3) is 5.83. The van der Waals surface area contributed by atoms with Crippen molar-refractivity contribution in [1.29, 1.82) is 0 Å². The number of sulfonamides is 2. The van der Waals surface area contributed by atoms with Crippen LogP contribution in [0.1, 0.15) is 28.7 Å². The van der Waals surface area contributed by atoms with Gasteiger partial charge in [-0.05, 0) is 57.4 Å². The average molecular weight is 515 g/mol. The summed E-state index contributed by atoms with van der Waals surface area (Å²) in [5.41, 5.74) is 2.98. The van der Waals surface area contributed by atoms with Gasteiger partial charge in [-0.1, -0.05) is 35.4 Å². The van der Waals surface area contributed by atoms with Gasteiger partial charge in [-0.25, -0.2) is 30.0 Å². The highest BCUT2D eigenvalue weighted by Gasteiger charge is 2.39. The number of hydrogen-bond donors (Lipinski definition) is 1. The highest BCUT2D eigenvalue weighted by molar-refractivity contribution is 7.92. The molecule has 1 saturated heterocycles. The molecule has 182 valence electrons. The quantitative estimate of drug-likeness (QED) is 0.576. The van der Waals surface area contributed by atoms with Gasteiger partial charge in [-0.15, -0.1) is 0 Å². The molecule has 11 heteroatoms. The minimum absolute atomic E-state index is 0.0923. The Hall–Kier alpha value is -1.79. The summed E-state index contributed by atoms with van der Waals surface area (Å²) in [4.78, 5) is 0.218. The SMILES string of the molecule is Cc1ccc(S(=O)(=O)NCCN([C@H]2CCS(=O)(=O)C2)S(=O)(=O)c2ccc(C)cc2C)c(C)c1. The Morgan fingerprint density at radius 2 is 1.45 bits per heavy atom. The number of nitrogens with one attached hydrogen (secondary N) is 1. The van der Waals surface area contributed by atoms with Crippen LogP contribution in [0.4, 0.5) is 0 Å². The van der Waals surface area contributed by atoms with E-state index in [1.165, 1.54) is 12.1 Å². The summed E-state index contributed by atoms with van der Waals surface area (Å²) in [5.74, 6) is -0.369. The van der Waals surface area contributed by atoms with Crippen molar-refractivity contribution in [2.45, 2.75) is 49.9 Å². The molecule has 1 fully saturated rings. The van der Waals surface area contributed by atoms with E-state index in [2.05, 4.69) is 4.72 Å². The minimum Gasteiger partial charge on any atom is -0.229 e. The van der Waals surface area contributed by atoms with Gasteiger partial charge in [0.15, 0.2) is 9.84 Å². The lowest BCUT2D eigenvalue weighted by molar-refractivity contribution is 0.343. The second-order valence-electron chi connectivity index (χ2n) is 8.61. The molecule has 0 amide bonds. The van der Waals surface area contributed by atoms with Crippen LogP contribution < -0.4 is 4.72 Å². The Bertz CT molecular complexity index is 1370. The molecule has 8 nitrogen and oxygen atoms in total. The smallest absolute Gasteiger partial charge is 0.229 e. The first-order valence-corrected chi connectivity index (χ1v) is 15.3. The first-order valence-electron chi connectivity index (χ1n) is 10.6. The molecule has 0 radical (unpaired) electrons. The van der Waals surface area contributed by atoms with Gasteiger partial charge in [0, 0.05) is 19.1 Å². The highest BCUT2D eigenvalue weighted by atomic mass is 32.2. The van der Waals surface area contributed by atoms with Gasteiger partial charge in [0.25, 0.3) is 0 Å². The lowest BCUT2D eigenvalue weighted by Crippen LogP contribution is -2.45. The Kier molecular flexibility index (Phi) is 7.40. The van der Waals surface area contributed by atoms with Crippen LogP contribution in [-0.4, -0.2) is 60.2 Å². The van der Waals surface area contributed by atoms with Crippen LogP contribution in [0.25, 0.3) is 0 Å². The van der Waals surface area contributed by atoms with E-state index in [0.29, 0.717) is 11.1 Å². The molecule has 0 saturated carbocycles. The van der Waals surface area contributed by atoms with Crippen molar-refractivity contribution in [2.24, 2.45) is 0 Å². The summed E-state index contributed by atoms with van der Waals surface area (Å²) >= 11 is 0. The first-order chi connectivity index (χ1) is 15.2. The summed E-state index contributed by atoms with van der Waals surface area (Å²) in [6, 6.07) is 9.17. The van der Waals surface area contributed by atoms with E-state index in [-0.39, 0.29) is 40.8 Å². The van der Waals surface area contributed by atoms with Crippen LogP contribution in [0.3, 0.4) is 0 Å². The summed E-state index contributed by atoms with van der Waals surface area (Å²) in [7, 11) is -11.3. The van der Waals surface area contributed by atoms with Crippen LogP contribution in [0.5, 0.6) is 0 Å². The highest BCUT2D eigenvalue weighted by Crippen LogP contribution is 2.27. The van der Waals surface area contributed by atoms with Crippen molar-refractivity contribution >= 4 is 29.9 Å². The number of nitrogens with zero attached hydrogens (tertiary/aromatic N) is 1. The summed E-state index contributed by atoms with van der Waals surface area (Å²) in [5, 5.41) is 0. The first kappa shape index (κ1) is 25.8. The molecule has 0 aromatic heterocycles. The third-order valence-corrected chi connectivity index (χ3v) is 11.3. The monoisotopic (exact) mass is 514 g/mol. The fraction of sp³-hybridized carbons (Fsp3) is 0.455. The molecule has 3 rings (SSSR count). The molecule has 1 aliphatic rings. The maximum Gasteiger partial charge on any atom is 0.243 e. The molecule has 0 aliphatic carbocycles. The normalized spacial score (nSPS) is 18.6. The van der Waals surface area contributed by atoms with E-state index < -0.39 is 35.9 Å². The zero-order chi connectivity index (χ0) is 24.6. The zero-order valence-corrected chi connectivity index (χ0v) is 21.6. The van der Waals surface area contributed by atoms with Gasteiger partial charge in [0.05, 0.1) is 21.3 Å². The average Bonchev–Trinajstić information content (AvgIpc) is 3.03. The van der Waals surface area contributed by atoms with Crippen LogP contribution >= 0.6 is 0 Å². The Morgan fingerprint density at radius 1 is 0.909 bits per heavy atom. The van der Waals surface area contributed by atoms with Crippen molar-refractivity contribution in [3.05, 3.63) is 58.7 Å². The fourth-order valence-corrected chi connectivity index (χ4v) is 9.12. The van der Waals surface area contributed by atoms with Crippen LogP contribution in [0.15, 0.2) is 46.2 Å². The van der Waals surface area contributed by atoms with Gasteiger partial charge in [0.2, 0.25) is 20.0 Å². The van der Waals surface area contributed by atoms with Crippen molar-refractivity contribution in [2.75, 3.05) is 24.6 Å². The van der Waals surface area contributed by atoms with Crippen LogP contribution in [0.2, 0.25) is 0 Å².